The Morgan fingerprint density at radius 2 is 1.66 bits per heavy atom. The van der Waals surface area contributed by atoms with Gasteiger partial charge in [-0.25, -0.2) is 4.79 Å². The van der Waals surface area contributed by atoms with Crippen molar-refractivity contribution in [3.8, 4) is 11.1 Å². The number of carboxylic acids is 1. The van der Waals surface area contributed by atoms with Crippen LogP contribution in [0.25, 0.3) is 11.1 Å². The highest BCUT2D eigenvalue weighted by atomic mass is 16.5. The molecule has 4 N–H and O–H groups in total. The number of nitrogens with zero attached hydrogens (tertiary/aromatic N) is 2. The van der Waals surface area contributed by atoms with Gasteiger partial charge in [0.15, 0.2) is 0 Å². The first-order chi connectivity index (χ1) is 17.0. The fourth-order valence-corrected chi connectivity index (χ4v) is 5.00. The van der Waals surface area contributed by atoms with Gasteiger partial charge in [-0.3, -0.25) is 20.0 Å². The lowest BCUT2D eigenvalue weighted by atomic mass is 9.86. The third-order valence-electron chi connectivity index (χ3n) is 6.86. The largest absolute Gasteiger partial charge is 0.481 e. The molecule has 0 unspecified atom stereocenters. The molecule has 180 valence electrons. The minimum Gasteiger partial charge on any atom is -0.481 e. The van der Waals surface area contributed by atoms with E-state index in [2.05, 4.69) is 37.9 Å². The van der Waals surface area contributed by atoms with E-state index in [1.807, 2.05) is 36.4 Å². The number of carbonyl (C=O) groups is 3. The average Bonchev–Trinajstić information content (AvgIpc) is 3.60. The second kappa shape index (κ2) is 9.21. The third-order valence-corrected chi connectivity index (χ3v) is 6.86. The third kappa shape index (κ3) is 4.34. The Morgan fingerprint density at radius 3 is 2.29 bits per heavy atom. The molecule has 0 radical (unpaired) electrons. The van der Waals surface area contributed by atoms with Gasteiger partial charge in [-0.15, -0.1) is 5.10 Å². The molecule has 0 bridgehead atoms. The molecule has 10 nitrogen and oxygen atoms in total. The van der Waals surface area contributed by atoms with Crippen LogP contribution in [0.3, 0.4) is 0 Å². The number of aromatic nitrogens is 3. The topological polar surface area (TPSA) is 146 Å². The van der Waals surface area contributed by atoms with E-state index >= 15 is 0 Å². The highest BCUT2D eigenvalue weighted by molar-refractivity contribution is 5.92. The van der Waals surface area contributed by atoms with Crippen molar-refractivity contribution in [3.63, 3.8) is 0 Å². The number of aromatic amines is 1. The molecule has 5 rings (SSSR count). The number of aliphatic carboxylic acids is 1. The van der Waals surface area contributed by atoms with Crippen molar-refractivity contribution in [2.24, 2.45) is 5.41 Å². The van der Waals surface area contributed by atoms with Crippen molar-refractivity contribution in [1.29, 1.82) is 0 Å². The van der Waals surface area contributed by atoms with Gasteiger partial charge in [0.25, 0.3) is 11.9 Å². The predicted octanol–water partition coefficient (Wildman–Crippen LogP) is 3.54. The van der Waals surface area contributed by atoms with E-state index in [9.17, 15) is 19.5 Å². The summed E-state index contributed by atoms with van der Waals surface area (Å²) in [6.45, 7) is 0.145. The molecule has 2 aliphatic rings. The second-order valence-electron chi connectivity index (χ2n) is 8.93. The van der Waals surface area contributed by atoms with E-state index in [4.69, 9.17) is 4.74 Å². The number of rotatable bonds is 7. The molecule has 1 fully saturated rings. The fourth-order valence-electron chi connectivity index (χ4n) is 5.00. The Balaban J connectivity index is 1.17. The zero-order valence-corrected chi connectivity index (χ0v) is 18.9. The first-order valence-corrected chi connectivity index (χ1v) is 11.5. The predicted molar refractivity (Wildman–Crippen MR) is 126 cm³/mol. The molecule has 1 saturated carbocycles. The fraction of sp³-hybridized carbons (Fsp3) is 0.320. The summed E-state index contributed by atoms with van der Waals surface area (Å²) in [6.07, 6.45) is 1.94. The van der Waals surface area contributed by atoms with Crippen LogP contribution in [0.2, 0.25) is 0 Å². The van der Waals surface area contributed by atoms with Gasteiger partial charge in [0.2, 0.25) is 5.82 Å². The molecule has 2 aromatic carbocycles. The van der Waals surface area contributed by atoms with Crippen molar-refractivity contribution in [3.05, 3.63) is 65.5 Å². The van der Waals surface area contributed by atoms with Crippen molar-refractivity contribution in [2.75, 3.05) is 18.5 Å². The summed E-state index contributed by atoms with van der Waals surface area (Å²) in [6, 6.07) is 16.1. The minimum atomic E-state index is -0.946. The van der Waals surface area contributed by atoms with E-state index in [1.54, 1.807) is 0 Å². The smallest absolute Gasteiger partial charge is 0.414 e. The molecule has 0 aliphatic heterocycles. The number of amides is 2. The van der Waals surface area contributed by atoms with Crippen LogP contribution in [-0.2, 0) is 9.53 Å². The van der Waals surface area contributed by atoms with Crippen LogP contribution >= 0.6 is 0 Å². The maximum absolute atomic E-state index is 12.4. The van der Waals surface area contributed by atoms with Gasteiger partial charge in [0.05, 0.1) is 5.41 Å². The Labute approximate surface area is 201 Å². The number of hydrogen-bond acceptors (Lipinski definition) is 6. The van der Waals surface area contributed by atoms with Crippen LogP contribution in [-0.4, -0.2) is 51.4 Å². The molecule has 0 saturated heterocycles. The van der Waals surface area contributed by atoms with Gasteiger partial charge in [-0.2, -0.15) is 4.98 Å². The lowest BCUT2D eigenvalue weighted by molar-refractivity contribution is -0.148. The number of carbonyl (C=O) groups excluding carboxylic acids is 2. The maximum Gasteiger partial charge on any atom is 0.414 e. The summed E-state index contributed by atoms with van der Waals surface area (Å²) in [4.78, 5) is 40.4. The molecule has 3 aromatic rings. The highest BCUT2D eigenvalue weighted by Gasteiger charge is 2.41. The second-order valence-corrected chi connectivity index (χ2v) is 8.93. The van der Waals surface area contributed by atoms with Gasteiger partial charge in [0.1, 0.15) is 6.61 Å². The van der Waals surface area contributed by atoms with Crippen molar-refractivity contribution >= 4 is 23.9 Å². The summed E-state index contributed by atoms with van der Waals surface area (Å²) in [5.41, 5.74) is 3.51. The lowest BCUT2D eigenvalue weighted by Crippen LogP contribution is -2.41. The highest BCUT2D eigenvalue weighted by Crippen LogP contribution is 2.44. The molecular weight excluding hydrogens is 450 g/mol. The standard InChI is InChI=1S/C25H25N5O5/c31-21(26-14-25(22(32)33)11-5-6-12-25)20-27-23(30-29-20)28-24(34)35-13-19-17-9-3-1-7-15(17)16-8-2-4-10-18(16)19/h1-4,7-10,19H,5-6,11-14H2,(H,26,31)(H,32,33)(H2,27,28,29,30,34). The Morgan fingerprint density at radius 1 is 1.03 bits per heavy atom. The summed E-state index contributed by atoms with van der Waals surface area (Å²) in [5, 5.41) is 20.9. The van der Waals surface area contributed by atoms with Crippen molar-refractivity contribution in [1.82, 2.24) is 20.5 Å². The lowest BCUT2D eigenvalue weighted by Gasteiger charge is -2.23. The minimum absolute atomic E-state index is 0.0109. The quantitative estimate of drug-likeness (QED) is 0.409. The molecule has 2 aliphatic carbocycles. The molecule has 35 heavy (non-hydrogen) atoms. The SMILES string of the molecule is O=C(Nc1n[nH]c(C(=O)NCC2(C(=O)O)CCCC2)n1)OCC1c2ccccc2-c2ccccc21. The summed E-state index contributed by atoms with van der Waals surface area (Å²) < 4.78 is 5.46. The van der Waals surface area contributed by atoms with Gasteiger partial charge < -0.3 is 15.2 Å². The molecule has 1 aromatic heterocycles. The average molecular weight is 476 g/mol. The number of benzene rings is 2. The number of ether oxygens (including phenoxy) is 1. The number of hydrogen-bond donors (Lipinski definition) is 4. The molecule has 10 heteroatoms. The van der Waals surface area contributed by atoms with Gasteiger partial charge >= 0.3 is 12.1 Å². The van der Waals surface area contributed by atoms with Crippen molar-refractivity contribution < 1.29 is 24.2 Å². The van der Waals surface area contributed by atoms with Crippen LogP contribution in [0.15, 0.2) is 48.5 Å². The Hall–Kier alpha value is -4.21. The number of carboxylic acid groups (broad SMARTS) is 1. The monoisotopic (exact) mass is 475 g/mol. The summed E-state index contributed by atoms with van der Waals surface area (Å²) in [5.74, 6) is -1.83. The van der Waals surface area contributed by atoms with E-state index in [1.165, 1.54) is 0 Å². The van der Waals surface area contributed by atoms with Gasteiger partial charge in [0, 0.05) is 12.5 Å². The van der Waals surface area contributed by atoms with Crippen LogP contribution in [0.1, 0.15) is 53.3 Å². The van der Waals surface area contributed by atoms with Crippen LogP contribution in [0.4, 0.5) is 10.7 Å². The first kappa shape index (κ1) is 22.6. The Bertz CT molecular complexity index is 1240. The van der Waals surface area contributed by atoms with E-state index in [0.29, 0.717) is 12.8 Å². The number of anilines is 1. The van der Waals surface area contributed by atoms with Crippen LogP contribution < -0.4 is 10.6 Å². The molecule has 0 spiro atoms. The zero-order chi connectivity index (χ0) is 24.4. The molecular formula is C25H25N5O5. The zero-order valence-electron chi connectivity index (χ0n) is 18.9. The van der Waals surface area contributed by atoms with E-state index in [-0.39, 0.29) is 30.8 Å². The molecule has 1 heterocycles. The number of fused-ring (bicyclic) bond motifs is 3. The normalized spacial score (nSPS) is 15.8. The van der Waals surface area contributed by atoms with Crippen LogP contribution in [0, 0.1) is 5.41 Å². The van der Waals surface area contributed by atoms with Crippen molar-refractivity contribution in [2.45, 2.75) is 31.6 Å². The van der Waals surface area contributed by atoms with Gasteiger partial charge in [-0.1, -0.05) is 61.4 Å². The van der Waals surface area contributed by atoms with E-state index in [0.717, 1.165) is 35.1 Å². The number of H-pyrrole nitrogens is 1. The summed E-state index contributed by atoms with van der Waals surface area (Å²) in [7, 11) is 0. The molecule has 0 atom stereocenters. The first-order valence-electron chi connectivity index (χ1n) is 11.5. The molecule has 2 amide bonds. The maximum atomic E-state index is 12.4. The van der Waals surface area contributed by atoms with E-state index < -0.39 is 23.4 Å². The van der Waals surface area contributed by atoms with Gasteiger partial charge in [-0.05, 0) is 35.1 Å². The number of nitrogens with one attached hydrogen (secondary N) is 3. The van der Waals surface area contributed by atoms with Crippen LogP contribution in [0.5, 0.6) is 0 Å². The Kier molecular flexibility index (Phi) is 5.94. The summed E-state index contributed by atoms with van der Waals surface area (Å²) >= 11 is 0.